The van der Waals surface area contributed by atoms with E-state index in [0.29, 0.717) is 18.1 Å². The minimum absolute atomic E-state index is 0.317. The lowest BCUT2D eigenvalue weighted by molar-refractivity contribution is 0.159. The molecule has 0 radical (unpaired) electrons. The molecule has 0 fully saturated rings. The van der Waals surface area contributed by atoms with Gasteiger partial charge in [-0.25, -0.2) is 0 Å². The fourth-order valence-corrected chi connectivity index (χ4v) is 2.54. The molecule has 0 saturated carbocycles. The zero-order valence-electron chi connectivity index (χ0n) is 9.02. The van der Waals surface area contributed by atoms with Crippen LogP contribution < -0.4 is 0 Å². The third kappa shape index (κ3) is 2.75. The molecule has 1 aromatic heterocycles. The van der Waals surface area contributed by atoms with Gasteiger partial charge in [-0.05, 0) is 40.5 Å². The maximum atomic E-state index is 9.60. The molecule has 1 N–H and O–H groups in total. The van der Waals surface area contributed by atoms with Gasteiger partial charge in [-0.1, -0.05) is 28.0 Å². The maximum absolute atomic E-state index is 9.60. The average Bonchev–Trinajstić information content (AvgIpc) is 2.77. The van der Waals surface area contributed by atoms with Crippen molar-refractivity contribution in [1.82, 2.24) is 10.1 Å². The second-order valence-corrected chi connectivity index (χ2v) is 5.28. The van der Waals surface area contributed by atoms with Gasteiger partial charge in [-0.3, -0.25) is 0 Å². The normalized spacial score (nSPS) is 12.7. The number of aromatic nitrogens is 2. The van der Waals surface area contributed by atoms with Gasteiger partial charge in [0, 0.05) is 8.95 Å². The van der Waals surface area contributed by atoms with Crippen molar-refractivity contribution >= 4 is 31.9 Å². The summed E-state index contributed by atoms with van der Waals surface area (Å²) in [5.41, 5.74) is 0.801. The van der Waals surface area contributed by atoms with E-state index < -0.39 is 6.10 Å². The first-order valence-corrected chi connectivity index (χ1v) is 6.67. The maximum Gasteiger partial charge on any atom is 0.259 e. The lowest BCUT2D eigenvalue weighted by Crippen LogP contribution is -1.97. The molecular weight excluding hydrogens is 352 g/mol. The third-order valence-electron chi connectivity index (χ3n) is 2.29. The van der Waals surface area contributed by atoms with E-state index in [2.05, 4.69) is 42.0 Å². The number of aliphatic hydroxyl groups is 1. The highest BCUT2D eigenvalue weighted by atomic mass is 79.9. The molecule has 0 aliphatic carbocycles. The van der Waals surface area contributed by atoms with Crippen molar-refractivity contribution in [1.29, 1.82) is 0 Å². The third-order valence-corrected chi connectivity index (χ3v) is 3.44. The zero-order chi connectivity index (χ0) is 12.4. The van der Waals surface area contributed by atoms with Crippen molar-refractivity contribution in [3.05, 3.63) is 33.0 Å². The van der Waals surface area contributed by atoms with Gasteiger partial charge < -0.3 is 9.63 Å². The second-order valence-electron chi connectivity index (χ2n) is 3.51. The molecule has 2 rings (SSSR count). The van der Waals surface area contributed by atoms with Crippen molar-refractivity contribution in [3.63, 3.8) is 0 Å². The SMILES string of the molecule is CCC(O)c1noc(-c2ccc(Br)cc2Br)n1. The fourth-order valence-electron chi connectivity index (χ4n) is 1.33. The predicted octanol–water partition coefficient (Wildman–Crippen LogP) is 3.71. The van der Waals surface area contributed by atoms with Gasteiger partial charge in [0.1, 0.15) is 6.10 Å². The Balaban J connectivity index is 2.37. The largest absolute Gasteiger partial charge is 0.385 e. The topological polar surface area (TPSA) is 59.2 Å². The molecule has 1 unspecified atom stereocenters. The Labute approximate surface area is 115 Å². The Morgan fingerprint density at radius 3 is 2.82 bits per heavy atom. The van der Waals surface area contributed by atoms with E-state index in [0.717, 1.165) is 14.5 Å². The Kier molecular flexibility index (Phi) is 3.96. The second kappa shape index (κ2) is 5.29. The van der Waals surface area contributed by atoms with Crippen LogP contribution in [0.4, 0.5) is 0 Å². The summed E-state index contributed by atoms with van der Waals surface area (Å²) in [4.78, 5) is 4.17. The van der Waals surface area contributed by atoms with E-state index >= 15 is 0 Å². The van der Waals surface area contributed by atoms with Crippen molar-refractivity contribution in [2.45, 2.75) is 19.4 Å². The molecule has 0 bridgehead atoms. The smallest absolute Gasteiger partial charge is 0.259 e. The van der Waals surface area contributed by atoms with Crippen molar-refractivity contribution in [2.75, 3.05) is 0 Å². The molecule has 0 spiro atoms. The Bertz CT molecular complexity index is 528. The number of hydrogen-bond acceptors (Lipinski definition) is 4. The summed E-state index contributed by atoms with van der Waals surface area (Å²) in [5, 5.41) is 13.4. The van der Waals surface area contributed by atoms with Gasteiger partial charge >= 0.3 is 0 Å². The van der Waals surface area contributed by atoms with Crippen LogP contribution in [0.15, 0.2) is 31.7 Å². The van der Waals surface area contributed by atoms with Crippen LogP contribution in [0.25, 0.3) is 11.5 Å². The summed E-state index contributed by atoms with van der Waals surface area (Å²) in [5.74, 6) is 0.712. The van der Waals surface area contributed by atoms with Gasteiger partial charge in [-0.2, -0.15) is 4.98 Å². The lowest BCUT2D eigenvalue weighted by atomic mass is 10.2. The lowest BCUT2D eigenvalue weighted by Gasteiger charge is -2.00. The summed E-state index contributed by atoms with van der Waals surface area (Å²) < 4.78 is 6.94. The molecule has 4 nitrogen and oxygen atoms in total. The molecule has 1 atom stereocenters. The molecule has 6 heteroatoms. The molecule has 17 heavy (non-hydrogen) atoms. The first kappa shape index (κ1) is 12.7. The highest BCUT2D eigenvalue weighted by molar-refractivity contribution is 9.11. The molecule has 90 valence electrons. The number of rotatable bonds is 3. The van der Waals surface area contributed by atoms with Crippen LogP contribution in [0.3, 0.4) is 0 Å². The summed E-state index contributed by atoms with van der Waals surface area (Å²) in [6.07, 6.45) is -0.123. The quantitative estimate of drug-likeness (QED) is 0.905. The molecule has 1 heterocycles. The van der Waals surface area contributed by atoms with Crippen molar-refractivity contribution in [3.8, 4) is 11.5 Å². The highest BCUT2D eigenvalue weighted by Crippen LogP contribution is 2.30. The van der Waals surface area contributed by atoms with Crippen LogP contribution in [-0.2, 0) is 0 Å². The standard InChI is InChI=1S/C11H10Br2N2O2/c1-2-9(16)10-14-11(17-15-10)7-4-3-6(12)5-8(7)13/h3-5,9,16H,2H2,1H3. The molecule has 0 aliphatic heterocycles. The van der Waals surface area contributed by atoms with Gasteiger partial charge in [-0.15, -0.1) is 0 Å². The van der Waals surface area contributed by atoms with Crippen molar-refractivity contribution in [2.24, 2.45) is 0 Å². The first-order valence-electron chi connectivity index (χ1n) is 5.09. The number of halogens is 2. The number of nitrogens with zero attached hydrogens (tertiary/aromatic N) is 2. The number of hydrogen-bond donors (Lipinski definition) is 1. The van der Waals surface area contributed by atoms with E-state index in [1.54, 1.807) is 0 Å². The molecule has 1 aromatic carbocycles. The minimum atomic E-state index is -0.679. The van der Waals surface area contributed by atoms with E-state index in [9.17, 15) is 5.11 Å². The van der Waals surface area contributed by atoms with Crippen LogP contribution in [0, 0.1) is 0 Å². The van der Waals surface area contributed by atoms with Crippen LogP contribution in [0.5, 0.6) is 0 Å². The monoisotopic (exact) mass is 360 g/mol. The first-order chi connectivity index (χ1) is 8.11. The summed E-state index contributed by atoms with van der Waals surface area (Å²) in [6, 6.07) is 5.65. The Morgan fingerprint density at radius 1 is 1.41 bits per heavy atom. The van der Waals surface area contributed by atoms with Crippen LogP contribution >= 0.6 is 31.9 Å². The van der Waals surface area contributed by atoms with Gasteiger partial charge in [0.15, 0.2) is 0 Å². The molecule has 2 aromatic rings. The predicted molar refractivity (Wildman–Crippen MR) is 70.4 cm³/mol. The number of aliphatic hydroxyl groups excluding tert-OH is 1. The highest BCUT2D eigenvalue weighted by Gasteiger charge is 2.16. The summed E-state index contributed by atoms with van der Waals surface area (Å²) in [6.45, 7) is 1.86. The van der Waals surface area contributed by atoms with E-state index in [4.69, 9.17) is 4.52 Å². The zero-order valence-corrected chi connectivity index (χ0v) is 12.2. The van der Waals surface area contributed by atoms with Gasteiger partial charge in [0.2, 0.25) is 5.82 Å². The van der Waals surface area contributed by atoms with Gasteiger partial charge in [0.05, 0.1) is 5.56 Å². The van der Waals surface area contributed by atoms with Crippen LogP contribution in [-0.4, -0.2) is 15.2 Å². The Hall–Kier alpha value is -0.720. The molecule has 0 saturated heterocycles. The molecule has 0 aliphatic rings. The number of benzene rings is 1. The average molecular weight is 362 g/mol. The van der Waals surface area contributed by atoms with E-state index in [1.807, 2.05) is 25.1 Å². The summed E-state index contributed by atoms with van der Waals surface area (Å²) >= 11 is 6.80. The van der Waals surface area contributed by atoms with Crippen LogP contribution in [0.2, 0.25) is 0 Å². The minimum Gasteiger partial charge on any atom is -0.385 e. The van der Waals surface area contributed by atoms with Crippen LogP contribution in [0.1, 0.15) is 25.3 Å². The fraction of sp³-hybridized carbons (Fsp3) is 0.273. The molecular formula is C11H10Br2N2O2. The Morgan fingerprint density at radius 2 is 2.18 bits per heavy atom. The summed E-state index contributed by atoms with van der Waals surface area (Å²) in [7, 11) is 0. The van der Waals surface area contributed by atoms with Gasteiger partial charge in [0.25, 0.3) is 5.89 Å². The van der Waals surface area contributed by atoms with E-state index in [-0.39, 0.29) is 0 Å². The molecule has 0 amide bonds. The van der Waals surface area contributed by atoms with E-state index in [1.165, 1.54) is 0 Å². The van der Waals surface area contributed by atoms with Crippen molar-refractivity contribution < 1.29 is 9.63 Å².